The van der Waals surface area contributed by atoms with Crippen molar-refractivity contribution in [2.24, 2.45) is 5.16 Å². The predicted molar refractivity (Wildman–Crippen MR) is 58.3 cm³/mol. The Bertz CT molecular complexity index is 319. The van der Waals surface area contributed by atoms with Crippen LogP contribution in [-0.2, 0) is 0 Å². The number of likely N-dealkylation sites (N-methyl/N-ethyl adjacent to an activating group) is 1. The van der Waals surface area contributed by atoms with Crippen LogP contribution in [0.25, 0.3) is 0 Å². The van der Waals surface area contributed by atoms with Crippen LogP contribution in [0.3, 0.4) is 0 Å². The zero-order valence-electron chi connectivity index (χ0n) is 8.24. The third kappa shape index (κ3) is 3.01. The van der Waals surface area contributed by atoms with Crippen molar-refractivity contribution in [1.29, 1.82) is 0 Å². The Hall–Kier alpha value is -1.06. The van der Waals surface area contributed by atoms with Crippen LogP contribution in [0.2, 0.25) is 5.02 Å². The molecule has 0 amide bonds. The van der Waals surface area contributed by atoms with Crippen molar-refractivity contribution in [2.75, 3.05) is 20.6 Å². The average molecular weight is 213 g/mol. The molecule has 14 heavy (non-hydrogen) atoms. The summed E-state index contributed by atoms with van der Waals surface area (Å²) in [5, 5.41) is 12.8. The summed E-state index contributed by atoms with van der Waals surface area (Å²) in [5.41, 5.74) is 1.51. The number of benzene rings is 1. The third-order valence-corrected chi connectivity index (χ3v) is 2.02. The van der Waals surface area contributed by atoms with Gasteiger partial charge in [0.2, 0.25) is 0 Å². The fraction of sp³-hybridized carbons (Fsp3) is 0.300. The SMILES string of the molecule is CN(C)C/C(=N\O)c1ccc(Cl)cc1. The van der Waals surface area contributed by atoms with E-state index in [0.29, 0.717) is 17.3 Å². The first-order valence-corrected chi connectivity index (χ1v) is 4.63. The molecule has 0 aliphatic heterocycles. The molecule has 0 bridgehead atoms. The molecule has 0 spiro atoms. The molecule has 4 heteroatoms. The van der Waals surface area contributed by atoms with Gasteiger partial charge in [0, 0.05) is 17.1 Å². The summed E-state index contributed by atoms with van der Waals surface area (Å²) in [6, 6.07) is 7.22. The molecule has 0 unspecified atom stereocenters. The van der Waals surface area contributed by atoms with E-state index in [2.05, 4.69) is 5.16 Å². The van der Waals surface area contributed by atoms with Crippen LogP contribution in [0.5, 0.6) is 0 Å². The number of oxime groups is 1. The van der Waals surface area contributed by atoms with E-state index in [0.717, 1.165) is 5.56 Å². The molecule has 0 saturated heterocycles. The molecule has 1 aromatic rings. The smallest absolute Gasteiger partial charge is 0.101 e. The fourth-order valence-electron chi connectivity index (χ4n) is 1.12. The first kappa shape index (κ1) is 11.0. The number of rotatable bonds is 3. The number of hydrogen-bond donors (Lipinski definition) is 1. The van der Waals surface area contributed by atoms with Crippen LogP contribution in [0.1, 0.15) is 5.56 Å². The normalized spacial score (nSPS) is 12.1. The standard InChI is InChI=1S/C10H13ClN2O/c1-13(2)7-10(12-14)8-3-5-9(11)6-4-8/h3-6,14H,7H2,1-2H3/b12-10+. The van der Waals surface area contributed by atoms with Crippen molar-refractivity contribution < 1.29 is 5.21 Å². The van der Waals surface area contributed by atoms with Crippen molar-refractivity contribution in [3.63, 3.8) is 0 Å². The fourth-order valence-corrected chi connectivity index (χ4v) is 1.25. The molecule has 0 atom stereocenters. The monoisotopic (exact) mass is 212 g/mol. The molecule has 3 nitrogen and oxygen atoms in total. The maximum Gasteiger partial charge on any atom is 0.101 e. The largest absolute Gasteiger partial charge is 0.411 e. The van der Waals surface area contributed by atoms with Crippen LogP contribution in [0.15, 0.2) is 29.4 Å². The third-order valence-electron chi connectivity index (χ3n) is 1.76. The van der Waals surface area contributed by atoms with E-state index in [-0.39, 0.29) is 0 Å². The van der Waals surface area contributed by atoms with E-state index in [9.17, 15) is 0 Å². The van der Waals surface area contributed by atoms with E-state index >= 15 is 0 Å². The molecule has 0 fully saturated rings. The first-order chi connectivity index (χ1) is 6.63. The molecular weight excluding hydrogens is 200 g/mol. The Labute approximate surface area is 88.6 Å². The average Bonchev–Trinajstić information content (AvgIpc) is 2.15. The number of hydrogen-bond acceptors (Lipinski definition) is 3. The molecule has 0 aliphatic rings. The van der Waals surface area contributed by atoms with Gasteiger partial charge in [-0.1, -0.05) is 28.9 Å². The molecular formula is C10H13ClN2O. The van der Waals surface area contributed by atoms with Gasteiger partial charge in [0.1, 0.15) is 5.71 Å². The van der Waals surface area contributed by atoms with Gasteiger partial charge in [0.25, 0.3) is 0 Å². The first-order valence-electron chi connectivity index (χ1n) is 4.25. The minimum atomic E-state index is 0.595. The van der Waals surface area contributed by atoms with Gasteiger partial charge in [-0.3, -0.25) is 0 Å². The van der Waals surface area contributed by atoms with Gasteiger partial charge in [-0.05, 0) is 26.2 Å². The lowest BCUT2D eigenvalue weighted by molar-refractivity contribution is 0.315. The minimum Gasteiger partial charge on any atom is -0.411 e. The zero-order chi connectivity index (χ0) is 10.6. The van der Waals surface area contributed by atoms with Crippen molar-refractivity contribution >= 4 is 17.3 Å². The van der Waals surface area contributed by atoms with Crippen molar-refractivity contribution in [1.82, 2.24) is 4.90 Å². The van der Waals surface area contributed by atoms with Gasteiger partial charge in [0.15, 0.2) is 0 Å². The highest BCUT2D eigenvalue weighted by Gasteiger charge is 2.05. The van der Waals surface area contributed by atoms with E-state index < -0.39 is 0 Å². The minimum absolute atomic E-state index is 0.595. The maximum atomic E-state index is 8.83. The summed E-state index contributed by atoms with van der Waals surface area (Å²) in [5.74, 6) is 0. The molecule has 0 aliphatic carbocycles. The summed E-state index contributed by atoms with van der Waals surface area (Å²) in [6.45, 7) is 0.595. The highest BCUT2D eigenvalue weighted by molar-refractivity contribution is 6.30. The highest BCUT2D eigenvalue weighted by atomic mass is 35.5. The Kier molecular flexibility index (Phi) is 3.92. The molecule has 1 aromatic carbocycles. The number of nitrogens with zero attached hydrogens (tertiary/aromatic N) is 2. The molecule has 1 N–H and O–H groups in total. The Morgan fingerprint density at radius 1 is 1.36 bits per heavy atom. The van der Waals surface area contributed by atoms with E-state index in [1.54, 1.807) is 12.1 Å². The Morgan fingerprint density at radius 2 is 1.93 bits per heavy atom. The molecule has 0 heterocycles. The molecule has 1 rings (SSSR count). The number of halogens is 1. The lowest BCUT2D eigenvalue weighted by atomic mass is 10.1. The Morgan fingerprint density at radius 3 is 2.36 bits per heavy atom. The Balaban J connectivity index is 2.85. The summed E-state index contributed by atoms with van der Waals surface area (Å²) >= 11 is 5.75. The van der Waals surface area contributed by atoms with Crippen molar-refractivity contribution in [2.45, 2.75) is 0 Å². The lowest BCUT2D eigenvalue weighted by Crippen LogP contribution is -2.22. The quantitative estimate of drug-likeness (QED) is 0.473. The molecule has 0 aromatic heterocycles. The van der Waals surface area contributed by atoms with Crippen LogP contribution < -0.4 is 0 Å². The molecule has 76 valence electrons. The zero-order valence-corrected chi connectivity index (χ0v) is 8.99. The predicted octanol–water partition coefficient (Wildman–Crippen LogP) is 2.08. The second kappa shape index (κ2) is 4.98. The van der Waals surface area contributed by atoms with Crippen LogP contribution in [0, 0.1) is 0 Å². The summed E-state index contributed by atoms with van der Waals surface area (Å²) in [7, 11) is 3.84. The highest BCUT2D eigenvalue weighted by Crippen LogP contribution is 2.10. The topological polar surface area (TPSA) is 35.8 Å². The van der Waals surface area contributed by atoms with E-state index in [1.807, 2.05) is 31.1 Å². The lowest BCUT2D eigenvalue weighted by Gasteiger charge is -2.10. The summed E-state index contributed by atoms with van der Waals surface area (Å²) in [4.78, 5) is 1.93. The van der Waals surface area contributed by atoms with Gasteiger partial charge in [-0.15, -0.1) is 0 Å². The van der Waals surface area contributed by atoms with E-state index in [1.165, 1.54) is 0 Å². The van der Waals surface area contributed by atoms with Gasteiger partial charge < -0.3 is 10.1 Å². The van der Waals surface area contributed by atoms with Crippen molar-refractivity contribution in [3.05, 3.63) is 34.9 Å². The van der Waals surface area contributed by atoms with Crippen LogP contribution >= 0.6 is 11.6 Å². The summed E-state index contributed by atoms with van der Waals surface area (Å²) in [6.07, 6.45) is 0. The van der Waals surface area contributed by atoms with Crippen molar-refractivity contribution in [3.8, 4) is 0 Å². The van der Waals surface area contributed by atoms with Gasteiger partial charge in [-0.2, -0.15) is 0 Å². The van der Waals surface area contributed by atoms with Gasteiger partial charge >= 0.3 is 0 Å². The van der Waals surface area contributed by atoms with Gasteiger partial charge in [0.05, 0.1) is 0 Å². The molecule has 0 saturated carbocycles. The summed E-state index contributed by atoms with van der Waals surface area (Å²) < 4.78 is 0. The van der Waals surface area contributed by atoms with Gasteiger partial charge in [-0.25, -0.2) is 0 Å². The van der Waals surface area contributed by atoms with Crippen LogP contribution in [0.4, 0.5) is 0 Å². The molecule has 0 radical (unpaired) electrons. The van der Waals surface area contributed by atoms with E-state index in [4.69, 9.17) is 16.8 Å². The second-order valence-corrected chi connectivity index (χ2v) is 3.73. The maximum absolute atomic E-state index is 8.83. The van der Waals surface area contributed by atoms with Crippen LogP contribution in [-0.4, -0.2) is 36.5 Å². The second-order valence-electron chi connectivity index (χ2n) is 3.29.